The number of hydrogen-bond acceptors (Lipinski definition) is 3. The van der Waals surface area contributed by atoms with E-state index in [9.17, 15) is 4.57 Å². The monoisotopic (exact) mass is 256 g/mol. The van der Waals surface area contributed by atoms with E-state index < -0.39 is 7.60 Å². The van der Waals surface area contributed by atoms with Crippen LogP contribution in [0.2, 0.25) is 0 Å². The Morgan fingerprint density at radius 2 is 1.65 bits per heavy atom. The fourth-order valence-electron chi connectivity index (χ4n) is 1.69. The zero-order valence-electron chi connectivity index (χ0n) is 10.8. The van der Waals surface area contributed by atoms with Crippen LogP contribution in [0.1, 0.15) is 31.9 Å². The van der Waals surface area contributed by atoms with E-state index in [2.05, 4.69) is 19.1 Å². The van der Waals surface area contributed by atoms with Gasteiger partial charge >= 0.3 is 7.60 Å². The van der Waals surface area contributed by atoms with Gasteiger partial charge < -0.3 is 9.05 Å². The van der Waals surface area contributed by atoms with E-state index in [1.54, 1.807) is 0 Å². The van der Waals surface area contributed by atoms with Crippen LogP contribution in [0, 0.1) is 0 Å². The highest BCUT2D eigenvalue weighted by molar-refractivity contribution is 7.53. The molecule has 0 unspecified atom stereocenters. The molecule has 0 aromatic heterocycles. The number of hydrogen-bond donors (Lipinski definition) is 0. The zero-order valence-corrected chi connectivity index (χ0v) is 11.7. The molecule has 0 saturated carbocycles. The molecule has 0 aliphatic carbocycles. The van der Waals surface area contributed by atoms with Gasteiger partial charge in [0.2, 0.25) is 0 Å². The highest BCUT2D eigenvalue weighted by Crippen LogP contribution is 2.51. The van der Waals surface area contributed by atoms with Crippen molar-refractivity contribution in [3.05, 3.63) is 35.4 Å². The third-order valence-electron chi connectivity index (χ3n) is 2.43. The maximum absolute atomic E-state index is 12.3. The molecule has 0 heterocycles. The van der Waals surface area contributed by atoms with Gasteiger partial charge in [0.15, 0.2) is 0 Å². The van der Waals surface area contributed by atoms with Crippen LogP contribution in [0.15, 0.2) is 24.3 Å². The second kappa shape index (κ2) is 6.95. The average Bonchev–Trinajstić information content (AvgIpc) is 2.29. The van der Waals surface area contributed by atoms with E-state index in [1.165, 1.54) is 5.56 Å². The SMILES string of the molecule is CCOP(=O)(Cc1cccc(CC)c1)OCC. The van der Waals surface area contributed by atoms with Gasteiger partial charge in [-0.3, -0.25) is 4.57 Å². The van der Waals surface area contributed by atoms with Crippen LogP contribution in [0.5, 0.6) is 0 Å². The van der Waals surface area contributed by atoms with Crippen molar-refractivity contribution in [2.45, 2.75) is 33.4 Å². The lowest BCUT2D eigenvalue weighted by molar-refractivity contribution is 0.219. The van der Waals surface area contributed by atoms with Gasteiger partial charge in [0.25, 0.3) is 0 Å². The molecule has 4 heteroatoms. The van der Waals surface area contributed by atoms with Crippen molar-refractivity contribution in [2.24, 2.45) is 0 Å². The fraction of sp³-hybridized carbons (Fsp3) is 0.538. The molecule has 1 aromatic rings. The first-order chi connectivity index (χ1) is 8.13. The Morgan fingerprint density at radius 3 is 2.18 bits per heavy atom. The Balaban J connectivity index is 2.81. The van der Waals surface area contributed by atoms with Crippen LogP contribution in [-0.2, 0) is 26.2 Å². The Morgan fingerprint density at radius 1 is 1.06 bits per heavy atom. The second-order valence-corrected chi connectivity index (χ2v) is 5.83. The zero-order chi connectivity index (χ0) is 12.7. The average molecular weight is 256 g/mol. The molecule has 1 aromatic carbocycles. The van der Waals surface area contributed by atoms with Crippen molar-refractivity contribution in [3.63, 3.8) is 0 Å². The smallest absolute Gasteiger partial charge is 0.309 e. The van der Waals surface area contributed by atoms with Crippen molar-refractivity contribution in [2.75, 3.05) is 13.2 Å². The number of rotatable bonds is 7. The van der Waals surface area contributed by atoms with Crippen LogP contribution in [0.25, 0.3) is 0 Å². The third kappa shape index (κ3) is 4.63. The summed E-state index contributed by atoms with van der Waals surface area (Å²) < 4.78 is 22.9. The normalized spacial score (nSPS) is 11.7. The number of benzene rings is 1. The first kappa shape index (κ1) is 14.4. The van der Waals surface area contributed by atoms with Gasteiger partial charge in [-0.2, -0.15) is 0 Å². The Kier molecular flexibility index (Phi) is 5.90. The Labute approximate surface area is 104 Å². The van der Waals surface area contributed by atoms with Gasteiger partial charge in [-0.25, -0.2) is 0 Å². The molecule has 0 atom stereocenters. The van der Waals surface area contributed by atoms with Crippen molar-refractivity contribution in [1.29, 1.82) is 0 Å². The molecule has 0 fully saturated rings. The molecule has 0 spiro atoms. The second-order valence-electron chi connectivity index (χ2n) is 3.78. The molecule has 17 heavy (non-hydrogen) atoms. The summed E-state index contributed by atoms with van der Waals surface area (Å²) in [6.07, 6.45) is 1.32. The molecule has 0 amide bonds. The predicted molar refractivity (Wildman–Crippen MR) is 70.4 cm³/mol. The molecular formula is C13H21O3P. The van der Waals surface area contributed by atoms with Crippen molar-refractivity contribution in [3.8, 4) is 0 Å². The lowest BCUT2D eigenvalue weighted by atomic mass is 10.1. The van der Waals surface area contributed by atoms with Crippen LogP contribution in [-0.4, -0.2) is 13.2 Å². The minimum absolute atomic E-state index is 0.350. The van der Waals surface area contributed by atoms with Gasteiger partial charge in [0.1, 0.15) is 0 Å². The molecule has 3 nitrogen and oxygen atoms in total. The highest BCUT2D eigenvalue weighted by atomic mass is 31.2. The summed E-state index contributed by atoms with van der Waals surface area (Å²) in [6, 6.07) is 8.07. The molecule has 0 radical (unpaired) electrons. The lowest BCUT2D eigenvalue weighted by Crippen LogP contribution is -1.99. The number of aryl methyl sites for hydroxylation is 1. The molecule has 0 saturated heterocycles. The van der Waals surface area contributed by atoms with E-state index in [1.807, 2.05) is 26.0 Å². The maximum Gasteiger partial charge on any atom is 0.335 e. The van der Waals surface area contributed by atoms with E-state index >= 15 is 0 Å². The van der Waals surface area contributed by atoms with Gasteiger partial charge in [-0.05, 0) is 31.4 Å². The van der Waals surface area contributed by atoms with Crippen molar-refractivity contribution >= 4 is 7.60 Å². The van der Waals surface area contributed by atoms with Crippen LogP contribution in [0.4, 0.5) is 0 Å². The van der Waals surface area contributed by atoms with Crippen LogP contribution in [0.3, 0.4) is 0 Å². The first-order valence-electron chi connectivity index (χ1n) is 6.09. The topological polar surface area (TPSA) is 35.5 Å². The minimum Gasteiger partial charge on any atom is -0.309 e. The van der Waals surface area contributed by atoms with Crippen LogP contribution < -0.4 is 0 Å². The summed E-state index contributed by atoms with van der Waals surface area (Å²) in [5, 5.41) is 0. The standard InChI is InChI=1S/C13H21O3P/c1-4-12-8-7-9-13(10-12)11-17(14,15-5-2)16-6-3/h7-10H,4-6,11H2,1-3H3. The first-order valence-corrected chi connectivity index (χ1v) is 7.82. The van der Waals surface area contributed by atoms with Crippen LogP contribution >= 0.6 is 7.60 Å². The largest absolute Gasteiger partial charge is 0.335 e. The van der Waals surface area contributed by atoms with Crippen molar-refractivity contribution in [1.82, 2.24) is 0 Å². The molecule has 96 valence electrons. The maximum atomic E-state index is 12.3. The summed E-state index contributed by atoms with van der Waals surface area (Å²) in [7, 11) is -2.97. The summed E-state index contributed by atoms with van der Waals surface area (Å²) in [6.45, 7) is 6.57. The Bertz CT molecular complexity index is 380. The van der Waals surface area contributed by atoms with E-state index in [4.69, 9.17) is 9.05 Å². The molecule has 0 aliphatic rings. The van der Waals surface area contributed by atoms with Gasteiger partial charge in [0.05, 0.1) is 19.4 Å². The summed E-state index contributed by atoms with van der Waals surface area (Å²) >= 11 is 0. The molecular weight excluding hydrogens is 235 g/mol. The van der Waals surface area contributed by atoms with E-state index in [-0.39, 0.29) is 0 Å². The summed E-state index contributed by atoms with van der Waals surface area (Å²) in [4.78, 5) is 0. The molecule has 0 bridgehead atoms. The lowest BCUT2D eigenvalue weighted by Gasteiger charge is -2.17. The summed E-state index contributed by atoms with van der Waals surface area (Å²) in [5.41, 5.74) is 2.25. The van der Waals surface area contributed by atoms with Gasteiger partial charge in [0, 0.05) is 0 Å². The Hall–Kier alpha value is -0.630. The molecule has 1 rings (SSSR count). The highest BCUT2D eigenvalue weighted by Gasteiger charge is 2.23. The minimum atomic E-state index is -2.97. The fourth-order valence-corrected chi connectivity index (χ4v) is 3.38. The third-order valence-corrected chi connectivity index (χ3v) is 4.48. The van der Waals surface area contributed by atoms with E-state index in [0.29, 0.717) is 19.4 Å². The van der Waals surface area contributed by atoms with E-state index in [0.717, 1.165) is 12.0 Å². The predicted octanol–water partition coefficient (Wildman–Crippen LogP) is 4.02. The van der Waals surface area contributed by atoms with Gasteiger partial charge in [-0.1, -0.05) is 31.2 Å². The van der Waals surface area contributed by atoms with Crippen molar-refractivity contribution < 1.29 is 13.6 Å². The van der Waals surface area contributed by atoms with Gasteiger partial charge in [-0.15, -0.1) is 0 Å². The molecule has 0 N–H and O–H groups in total. The summed E-state index contributed by atoms with van der Waals surface area (Å²) in [5.74, 6) is 0. The molecule has 0 aliphatic heterocycles. The quantitative estimate of drug-likeness (QED) is 0.691.